The Labute approximate surface area is 157 Å². The lowest BCUT2D eigenvalue weighted by molar-refractivity contribution is 0.626. The molecule has 1 fully saturated rings. The molecular weight excluding hydrogens is 321 g/mol. The summed E-state index contributed by atoms with van der Waals surface area (Å²) in [6.45, 7) is 10.7. The molecule has 2 heteroatoms. The largest absolute Gasteiger partial charge is 0.404 e. The lowest BCUT2D eigenvalue weighted by Gasteiger charge is -2.13. The van der Waals surface area contributed by atoms with Gasteiger partial charge in [0.05, 0.1) is 0 Å². The second-order valence-electron chi connectivity index (χ2n) is 7.42. The van der Waals surface area contributed by atoms with E-state index in [9.17, 15) is 4.39 Å². The van der Waals surface area contributed by atoms with Gasteiger partial charge in [0, 0.05) is 6.20 Å². The average molecular weight is 352 g/mol. The molecule has 138 valence electrons. The van der Waals surface area contributed by atoms with Crippen LogP contribution >= 0.6 is 0 Å². The molecule has 2 aromatic carbocycles. The van der Waals surface area contributed by atoms with Crippen LogP contribution in [-0.4, -0.2) is 0 Å². The smallest absolute Gasteiger partial charge is 0.123 e. The molecule has 1 aliphatic carbocycles. The molecule has 0 aromatic heterocycles. The van der Waals surface area contributed by atoms with Crippen LogP contribution in [0.1, 0.15) is 49.4 Å². The minimum atomic E-state index is -0.219. The Kier molecular flexibility index (Phi) is 6.42. The summed E-state index contributed by atoms with van der Waals surface area (Å²) < 4.78 is 12.8. The Hall–Kier alpha value is -2.35. The van der Waals surface area contributed by atoms with Crippen molar-refractivity contribution in [2.75, 3.05) is 0 Å². The molecule has 0 bridgehead atoms. The van der Waals surface area contributed by atoms with Crippen molar-refractivity contribution in [3.8, 4) is 0 Å². The summed E-state index contributed by atoms with van der Waals surface area (Å²) in [5, 5.41) is 0. The predicted octanol–water partition coefficient (Wildman–Crippen LogP) is 6.30. The third kappa shape index (κ3) is 4.43. The molecule has 0 radical (unpaired) electrons. The minimum absolute atomic E-state index is 0.219. The van der Waals surface area contributed by atoms with E-state index >= 15 is 0 Å². The Morgan fingerprint density at radius 1 is 1.15 bits per heavy atom. The molecule has 0 amide bonds. The number of hydrogen-bond acceptors (Lipinski definition) is 1. The van der Waals surface area contributed by atoms with E-state index in [2.05, 4.69) is 45.0 Å². The first-order chi connectivity index (χ1) is 12.3. The molecule has 0 heterocycles. The van der Waals surface area contributed by atoms with Gasteiger partial charge in [-0.2, -0.15) is 0 Å². The van der Waals surface area contributed by atoms with Gasteiger partial charge >= 0.3 is 0 Å². The molecule has 2 unspecified atom stereocenters. The van der Waals surface area contributed by atoms with Gasteiger partial charge in [-0.05, 0) is 78.5 Å². The third-order valence-electron chi connectivity index (χ3n) is 5.44. The number of aryl methyl sites for hydroxylation is 2. The highest BCUT2D eigenvalue weighted by atomic mass is 19.1. The van der Waals surface area contributed by atoms with E-state index in [0.29, 0.717) is 5.41 Å². The monoisotopic (exact) mass is 351 g/mol. The Bertz CT molecular complexity index is 819. The van der Waals surface area contributed by atoms with Gasteiger partial charge < -0.3 is 5.73 Å². The van der Waals surface area contributed by atoms with Crippen LogP contribution in [-0.2, 0) is 5.41 Å². The zero-order chi connectivity index (χ0) is 19.3. The summed E-state index contributed by atoms with van der Waals surface area (Å²) in [6, 6.07) is 13.4. The van der Waals surface area contributed by atoms with Crippen LogP contribution in [0.4, 0.5) is 4.39 Å². The molecule has 0 spiro atoms. The number of rotatable bonds is 3. The fourth-order valence-corrected chi connectivity index (χ4v) is 3.53. The van der Waals surface area contributed by atoms with Gasteiger partial charge in [0.2, 0.25) is 0 Å². The molecule has 1 nitrogen and oxygen atoms in total. The van der Waals surface area contributed by atoms with Gasteiger partial charge in [-0.25, -0.2) is 4.39 Å². The first kappa shape index (κ1) is 20.0. The van der Waals surface area contributed by atoms with Crippen molar-refractivity contribution < 1.29 is 4.39 Å². The van der Waals surface area contributed by atoms with Crippen LogP contribution in [0.25, 0.3) is 5.57 Å². The van der Waals surface area contributed by atoms with E-state index in [4.69, 9.17) is 5.73 Å². The maximum absolute atomic E-state index is 12.8. The SMILES string of the molecule is C/C=C\C(=C/N)c1ccc(F)cc1C.Cc1ccccc1C1(C)CC1C. The maximum atomic E-state index is 12.8. The summed E-state index contributed by atoms with van der Waals surface area (Å²) >= 11 is 0. The molecule has 2 aromatic rings. The van der Waals surface area contributed by atoms with Crippen molar-refractivity contribution in [3.63, 3.8) is 0 Å². The Morgan fingerprint density at radius 3 is 2.31 bits per heavy atom. The second-order valence-corrected chi connectivity index (χ2v) is 7.42. The minimum Gasteiger partial charge on any atom is -0.404 e. The standard InChI is InChI=1S/C12H14FN.C12H16/c1-3-4-10(8-14)12-6-5-11(13)7-9(12)2;1-9-6-4-5-7-11(9)12(3)8-10(12)2/h3-8H,14H2,1-2H3;4-7,10H,8H2,1-3H3/b4-3-,10-8+;. The van der Waals surface area contributed by atoms with Gasteiger partial charge in [0.1, 0.15) is 5.82 Å². The summed E-state index contributed by atoms with van der Waals surface area (Å²) in [4.78, 5) is 0. The van der Waals surface area contributed by atoms with E-state index in [1.807, 2.05) is 26.0 Å². The highest BCUT2D eigenvalue weighted by Crippen LogP contribution is 2.54. The van der Waals surface area contributed by atoms with E-state index < -0.39 is 0 Å². The van der Waals surface area contributed by atoms with Crippen LogP contribution in [0.15, 0.2) is 60.8 Å². The molecular formula is C24H30FN. The summed E-state index contributed by atoms with van der Waals surface area (Å²) in [7, 11) is 0. The highest BCUT2D eigenvalue weighted by molar-refractivity contribution is 5.75. The van der Waals surface area contributed by atoms with Crippen LogP contribution in [0.3, 0.4) is 0 Å². The summed E-state index contributed by atoms with van der Waals surface area (Å²) in [5.74, 6) is 0.654. The van der Waals surface area contributed by atoms with Gasteiger partial charge in [-0.15, -0.1) is 0 Å². The number of benzene rings is 2. The van der Waals surface area contributed by atoms with Crippen molar-refractivity contribution in [2.45, 2.75) is 46.5 Å². The van der Waals surface area contributed by atoms with Crippen molar-refractivity contribution in [1.29, 1.82) is 0 Å². The van der Waals surface area contributed by atoms with E-state index in [0.717, 1.165) is 22.6 Å². The van der Waals surface area contributed by atoms with Crippen molar-refractivity contribution in [3.05, 3.63) is 88.9 Å². The van der Waals surface area contributed by atoms with Gasteiger partial charge in [-0.3, -0.25) is 0 Å². The van der Waals surface area contributed by atoms with Crippen LogP contribution in [0.5, 0.6) is 0 Å². The van der Waals surface area contributed by atoms with Crippen molar-refractivity contribution in [2.24, 2.45) is 11.7 Å². The van der Waals surface area contributed by atoms with Gasteiger partial charge in [-0.1, -0.05) is 56.3 Å². The molecule has 1 aliphatic rings. The zero-order valence-corrected chi connectivity index (χ0v) is 16.5. The second kappa shape index (κ2) is 8.35. The van der Waals surface area contributed by atoms with Gasteiger partial charge in [0.25, 0.3) is 0 Å². The first-order valence-electron chi connectivity index (χ1n) is 9.20. The molecule has 26 heavy (non-hydrogen) atoms. The maximum Gasteiger partial charge on any atom is 0.123 e. The van der Waals surface area contributed by atoms with Crippen molar-refractivity contribution in [1.82, 2.24) is 0 Å². The van der Waals surface area contributed by atoms with E-state index in [-0.39, 0.29) is 5.82 Å². The Balaban J connectivity index is 0.000000189. The Morgan fingerprint density at radius 2 is 1.81 bits per heavy atom. The predicted molar refractivity (Wildman–Crippen MR) is 110 cm³/mol. The zero-order valence-electron chi connectivity index (χ0n) is 16.5. The summed E-state index contributed by atoms with van der Waals surface area (Å²) in [6.07, 6.45) is 6.69. The third-order valence-corrected chi connectivity index (χ3v) is 5.44. The van der Waals surface area contributed by atoms with Gasteiger partial charge in [0.15, 0.2) is 0 Å². The molecule has 2 N–H and O–H groups in total. The molecule has 3 rings (SSSR count). The number of halogens is 1. The number of nitrogens with two attached hydrogens (primary N) is 1. The molecule has 2 atom stereocenters. The molecule has 0 saturated heterocycles. The fraction of sp³-hybridized carbons (Fsp3) is 0.333. The van der Waals surface area contributed by atoms with Crippen LogP contribution < -0.4 is 5.73 Å². The lowest BCUT2D eigenvalue weighted by atomic mass is 9.92. The molecule has 0 aliphatic heterocycles. The topological polar surface area (TPSA) is 26.0 Å². The van der Waals surface area contributed by atoms with Crippen LogP contribution in [0.2, 0.25) is 0 Å². The fourth-order valence-electron chi connectivity index (χ4n) is 3.53. The average Bonchev–Trinajstić information content (AvgIpc) is 3.22. The highest BCUT2D eigenvalue weighted by Gasteiger charge is 2.48. The normalized spacial score (nSPS) is 22.1. The number of hydrogen-bond donors (Lipinski definition) is 1. The first-order valence-corrected chi connectivity index (χ1v) is 9.20. The van der Waals surface area contributed by atoms with E-state index in [1.165, 1.54) is 30.3 Å². The quantitative estimate of drug-likeness (QED) is 0.645. The van der Waals surface area contributed by atoms with Crippen LogP contribution in [0, 0.1) is 25.6 Å². The lowest BCUT2D eigenvalue weighted by Crippen LogP contribution is -2.04. The summed E-state index contributed by atoms with van der Waals surface area (Å²) in [5.41, 5.74) is 11.7. The number of allylic oxidation sites excluding steroid dienone is 3. The van der Waals surface area contributed by atoms with Crippen molar-refractivity contribution >= 4 is 5.57 Å². The van der Waals surface area contributed by atoms with E-state index in [1.54, 1.807) is 11.6 Å². The molecule has 1 saturated carbocycles.